The second kappa shape index (κ2) is 9.84. The van der Waals surface area contributed by atoms with Gasteiger partial charge in [-0.15, -0.1) is 0 Å². The molecule has 0 spiro atoms. The maximum absolute atomic E-state index is 12.3. The van der Waals surface area contributed by atoms with Gasteiger partial charge in [-0.25, -0.2) is 9.97 Å². The van der Waals surface area contributed by atoms with Gasteiger partial charge in [0.1, 0.15) is 23.6 Å². The molecule has 1 aromatic heterocycles. The molecule has 1 aliphatic heterocycles. The number of nitrogens with one attached hydrogen (secondary N) is 2. The molecule has 1 fully saturated rings. The molecular weight excluding hydrogens is 346 g/mol. The standard InChI is InChI=1S/C19H25N5O3/c1-26-16-4-2-15(3-5-16)13-21-18-12-17(22-14-23-18)19(25)20-6-7-24-8-10-27-11-9-24/h2-5,12,14H,6-11,13H2,1H3,(H,20,25)(H,21,22,23). The number of carbonyl (C=O) groups excluding carboxylic acids is 1. The van der Waals surface area contributed by atoms with Gasteiger partial charge < -0.3 is 20.1 Å². The van der Waals surface area contributed by atoms with Crippen LogP contribution in [0.2, 0.25) is 0 Å². The first-order valence-corrected chi connectivity index (χ1v) is 9.02. The summed E-state index contributed by atoms with van der Waals surface area (Å²) >= 11 is 0. The number of rotatable bonds is 8. The van der Waals surface area contributed by atoms with Crippen LogP contribution in [0.1, 0.15) is 16.1 Å². The molecule has 2 aromatic rings. The summed E-state index contributed by atoms with van der Waals surface area (Å²) in [7, 11) is 1.64. The van der Waals surface area contributed by atoms with Gasteiger partial charge in [0.05, 0.1) is 20.3 Å². The normalized spacial score (nSPS) is 14.6. The zero-order valence-corrected chi connectivity index (χ0v) is 15.5. The molecule has 1 amide bonds. The van der Waals surface area contributed by atoms with Gasteiger partial charge in [0.2, 0.25) is 0 Å². The lowest BCUT2D eigenvalue weighted by molar-refractivity contribution is 0.0383. The van der Waals surface area contributed by atoms with Gasteiger partial charge in [-0.3, -0.25) is 9.69 Å². The van der Waals surface area contributed by atoms with Gasteiger partial charge in [0.25, 0.3) is 5.91 Å². The van der Waals surface area contributed by atoms with Gasteiger partial charge in [-0.2, -0.15) is 0 Å². The van der Waals surface area contributed by atoms with Crippen molar-refractivity contribution < 1.29 is 14.3 Å². The molecule has 1 aromatic carbocycles. The first-order chi connectivity index (χ1) is 13.2. The average molecular weight is 371 g/mol. The van der Waals surface area contributed by atoms with E-state index in [0.29, 0.717) is 24.6 Å². The molecule has 1 aliphatic rings. The van der Waals surface area contributed by atoms with Crippen molar-refractivity contribution in [2.24, 2.45) is 0 Å². The van der Waals surface area contributed by atoms with Crippen molar-refractivity contribution in [2.45, 2.75) is 6.54 Å². The Labute approximate surface area is 158 Å². The molecule has 27 heavy (non-hydrogen) atoms. The lowest BCUT2D eigenvalue weighted by Crippen LogP contribution is -2.41. The second-order valence-corrected chi connectivity index (χ2v) is 6.20. The Bertz CT molecular complexity index is 732. The Balaban J connectivity index is 1.47. The third-order valence-corrected chi connectivity index (χ3v) is 4.35. The SMILES string of the molecule is COc1ccc(CNc2cc(C(=O)NCCN3CCOCC3)ncn2)cc1. The Kier molecular flexibility index (Phi) is 6.95. The number of aromatic nitrogens is 2. The fraction of sp³-hybridized carbons (Fsp3) is 0.421. The van der Waals surface area contributed by atoms with Gasteiger partial charge in [-0.1, -0.05) is 12.1 Å². The third kappa shape index (κ3) is 5.90. The van der Waals surface area contributed by atoms with E-state index in [1.54, 1.807) is 13.2 Å². The first-order valence-electron chi connectivity index (χ1n) is 9.02. The molecule has 0 aliphatic carbocycles. The fourth-order valence-electron chi connectivity index (χ4n) is 2.76. The van der Waals surface area contributed by atoms with E-state index in [2.05, 4.69) is 25.5 Å². The Hall–Kier alpha value is -2.71. The molecule has 144 valence electrons. The van der Waals surface area contributed by atoms with Crippen LogP contribution in [-0.4, -0.2) is 67.3 Å². The molecule has 0 unspecified atom stereocenters. The van der Waals surface area contributed by atoms with Crippen LogP contribution in [0.3, 0.4) is 0 Å². The summed E-state index contributed by atoms with van der Waals surface area (Å²) < 4.78 is 10.5. The summed E-state index contributed by atoms with van der Waals surface area (Å²) in [6.07, 6.45) is 1.40. The first kappa shape index (κ1) is 19.1. The Morgan fingerprint density at radius 1 is 1.22 bits per heavy atom. The van der Waals surface area contributed by atoms with Crippen molar-refractivity contribution >= 4 is 11.7 Å². The highest BCUT2D eigenvalue weighted by atomic mass is 16.5. The van der Waals surface area contributed by atoms with Crippen LogP contribution in [0.5, 0.6) is 5.75 Å². The maximum Gasteiger partial charge on any atom is 0.270 e. The van der Waals surface area contributed by atoms with Gasteiger partial charge >= 0.3 is 0 Å². The number of amides is 1. The summed E-state index contributed by atoms with van der Waals surface area (Å²) in [4.78, 5) is 22.8. The Morgan fingerprint density at radius 3 is 2.74 bits per heavy atom. The van der Waals surface area contributed by atoms with E-state index in [0.717, 1.165) is 44.2 Å². The fourth-order valence-corrected chi connectivity index (χ4v) is 2.76. The number of morpholine rings is 1. The van der Waals surface area contributed by atoms with Crippen LogP contribution in [0.4, 0.5) is 5.82 Å². The molecule has 0 atom stereocenters. The van der Waals surface area contributed by atoms with Gasteiger partial charge in [-0.05, 0) is 17.7 Å². The number of hydrogen-bond donors (Lipinski definition) is 2. The lowest BCUT2D eigenvalue weighted by Gasteiger charge is -2.26. The highest BCUT2D eigenvalue weighted by Crippen LogP contribution is 2.13. The largest absolute Gasteiger partial charge is 0.497 e. The molecule has 2 heterocycles. The second-order valence-electron chi connectivity index (χ2n) is 6.20. The molecule has 8 nitrogen and oxygen atoms in total. The van der Waals surface area contributed by atoms with E-state index in [4.69, 9.17) is 9.47 Å². The summed E-state index contributed by atoms with van der Waals surface area (Å²) in [6, 6.07) is 9.43. The van der Waals surface area contributed by atoms with Crippen LogP contribution in [0.15, 0.2) is 36.7 Å². The summed E-state index contributed by atoms with van der Waals surface area (Å²) in [5, 5.41) is 6.11. The number of benzene rings is 1. The zero-order valence-electron chi connectivity index (χ0n) is 15.5. The van der Waals surface area contributed by atoms with Gasteiger partial charge in [0, 0.05) is 38.8 Å². The minimum Gasteiger partial charge on any atom is -0.497 e. The maximum atomic E-state index is 12.3. The number of methoxy groups -OCH3 is 1. The molecular formula is C19H25N5O3. The number of carbonyl (C=O) groups is 1. The van der Waals surface area contributed by atoms with Gasteiger partial charge in [0.15, 0.2) is 0 Å². The average Bonchev–Trinajstić information content (AvgIpc) is 2.73. The number of nitrogens with zero attached hydrogens (tertiary/aromatic N) is 3. The predicted octanol–water partition coefficient (Wildman–Crippen LogP) is 1.16. The molecule has 0 saturated carbocycles. The summed E-state index contributed by atoms with van der Waals surface area (Å²) in [5.74, 6) is 1.23. The van der Waals surface area contributed by atoms with E-state index in [1.807, 2.05) is 24.3 Å². The number of hydrogen-bond acceptors (Lipinski definition) is 7. The Morgan fingerprint density at radius 2 is 2.00 bits per heavy atom. The zero-order chi connectivity index (χ0) is 18.9. The quantitative estimate of drug-likeness (QED) is 0.720. The van der Waals surface area contributed by atoms with Crippen molar-refractivity contribution in [3.05, 3.63) is 47.9 Å². The monoisotopic (exact) mass is 371 g/mol. The number of ether oxygens (including phenoxy) is 2. The predicted molar refractivity (Wildman–Crippen MR) is 102 cm³/mol. The highest BCUT2D eigenvalue weighted by Gasteiger charge is 2.12. The van der Waals surface area contributed by atoms with Crippen molar-refractivity contribution in [3.63, 3.8) is 0 Å². The lowest BCUT2D eigenvalue weighted by atomic mass is 10.2. The molecule has 8 heteroatoms. The molecule has 1 saturated heterocycles. The molecule has 0 bridgehead atoms. The smallest absolute Gasteiger partial charge is 0.270 e. The minimum absolute atomic E-state index is 0.196. The van der Waals surface area contributed by atoms with Crippen LogP contribution in [0, 0.1) is 0 Å². The van der Waals surface area contributed by atoms with E-state index < -0.39 is 0 Å². The van der Waals surface area contributed by atoms with Crippen LogP contribution in [-0.2, 0) is 11.3 Å². The van der Waals surface area contributed by atoms with E-state index in [1.165, 1.54) is 6.33 Å². The third-order valence-electron chi connectivity index (χ3n) is 4.35. The number of anilines is 1. The van der Waals surface area contributed by atoms with Crippen LogP contribution >= 0.6 is 0 Å². The van der Waals surface area contributed by atoms with E-state index >= 15 is 0 Å². The van der Waals surface area contributed by atoms with Crippen molar-refractivity contribution in [1.82, 2.24) is 20.2 Å². The van der Waals surface area contributed by atoms with Crippen molar-refractivity contribution in [3.8, 4) is 5.75 Å². The van der Waals surface area contributed by atoms with Crippen LogP contribution < -0.4 is 15.4 Å². The van der Waals surface area contributed by atoms with Crippen molar-refractivity contribution in [2.75, 3.05) is 51.8 Å². The minimum atomic E-state index is -0.196. The van der Waals surface area contributed by atoms with Crippen molar-refractivity contribution in [1.29, 1.82) is 0 Å². The summed E-state index contributed by atoms with van der Waals surface area (Å²) in [5.41, 5.74) is 1.44. The summed E-state index contributed by atoms with van der Waals surface area (Å²) in [6.45, 7) is 5.30. The van der Waals surface area contributed by atoms with E-state index in [-0.39, 0.29) is 5.91 Å². The molecule has 0 radical (unpaired) electrons. The molecule has 3 rings (SSSR count). The van der Waals surface area contributed by atoms with Crippen LogP contribution in [0.25, 0.3) is 0 Å². The topological polar surface area (TPSA) is 88.6 Å². The highest BCUT2D eigenvalue weighted by molar-refractivity contribution is 5.92. The molecule has 2 N–H and O–H groups in total. The van der Waals surface area contributed by atoms with E-state index in [9.17, 15) is 4.79 Å².